The van der Waals surface area contributed by atoms with E-state index in [-0.39, 0.29) is 35.4 Å². The van der Waals surface area contributed by atoms with Gasteiger partial charge in [0.25, 0.3) is 0 Å². The van der Waals surface area contributed by atoms with E-state index in [9.17, 15) is 30.7 Å². The zero-order valence-corrected chi connectivity index (χ0v) is 25.9. The molecule has 5 rings (SSSR count). The average Bonchev–Trinajstić information content (AvgIpc) is 3.02. The highest BCUT2D eigenvalue weighted by Gasteiger charge is 2.42. The van der Waals surface area contributed by atoms with Gasteiger partial charge in [0.05, 0.1) is 5.56 Å². The molecule has 0 atom stereocenters. The van der Waals surface area contributed by atoms with Crippen LogP contribution in [0.1, 0.15) is 50.2 Å². The number of benzene rings is 5. The zero-order chi connectivity index (χ0) is 35.5. The van der Waals surface area contributed by atoms with Gasteiger partial charge in [-0.2, -0.15) is 8.78 Å². The first-order valence-electron chi connectivity index (χ1n) is 15.4. The fraction of sp³-hybridized carbons (Fsp3) is 0.211. The molecule has 0 aliphatic heterocycles. The van der Waals surface area contributed by atoms with E-state index in [1.807, 2.05) is 24.3 Å². The Kier molecular flexibility index (Phi) is 10.7. The van der Waals surface area contributed by atoms with Crippen molar-refractivity contribution < 1.29 is 48.6 Å². The van der Waals surface area contributed by atoms with Crippen molar-refractivity contribution in [3.8, 4) is 39.1 Å². The number of hydrogen-bond acceptors (Lipinski definition) is 1. The van der Waals surface area contributed by atoms with E-state index in [1.165, 1.54) is 31.4 Å². The molecule has 0 saturated heterocycles. The van der Waals surface area contributed by atoms with Gasteiger partial charge in [-0.05, 0) is 71.0 Å². The number of alkyl halides is 2. The van der Waals surface area contributed by atoms with Crippen molar-refractivity contribution in [2.75, 3.05) is 0 Å². The maximum Gasteiger partial charge on any atom is 0.432 e. The minimum atomic E-state index is -4.90. The summed E-state index contributed by atoms with van der Waals surface area (Å²) < 4.78 is 149. The van der Waals surface area contributed by atoms with E-state index in [0.29, 0.717) is 5.56 Å². The Morgan fingerprint density at radius 3 is 1.61 bits per heavy atom. The van der Waals surface area contributed by atoms with Crippen molar-refractivity contribution in [2.24, 2.45) is 0 Å². The lowest BCUT2D eigenvalue weighted by molar-refractivity contribution is -0.189. The van der Waals surface area contributed by atoms with Crippen LogP contribution in [0.15, 0.2) is 78.9 Å². The van der Waals surface area contributed by atoms with Crippen molar-refractivity contribution in [2.45, 2.75) is 51.6 Å². The maximum absolute atomic E-state index is 15.3. The number of ether oxygens (including phenoxy) is 1. The molecule has 256 valence electrons. The molecule has 0 fully saturated rings. The van der Waals surface area contributed by atoms with Gasteiger partial charge in [-0.15, -0.1) is 0 Å². The molecular weight excluding hydrogens is 662 g/mol. The van der Waals surface area contributed by atoms with E-state index in [0.717, 1.165) is 42.5 Å². The predicted molar refractivity (Wildman–Crippen MR) is 166 cm³/mol. The van der Waals surface area contributed by atoms with Crippen LogP contribution in [0, 0.1) is 46.5 Å². The van der Waals surface area contributed by atoms with Gasteiger partial charge in [0.15, 0.2) is 17.5 Å². The summed E-state index contributed by atoms with van der Waals surface area (Å²) in [5.41, 5.74) is -1.87. The van der Waals surface area contributed by atoms with Crippen LogP contribution >= 0.6 is 0 Å². The van der Waals surface area contributed by atoms with Crippen LogP contribution in [0.3, 0.4) is 0 Å². The first-order valence-corrected chi connectivity index (χ1v) is 15.4. The summed E-state index contributed by atoms with van der Waals surface area (Å²) in [6, 6.07) is 13.7. The smallest absolute Gasteiger partial charge is 0.429 e. The summed E-state index contributed by atoms with van der Waals surface area (Å²) in [7, 11) is 0. The summed E-state index contributed by atoms with van der Waals surface area (Å²) in [6.45, 7) is 2.15. The summed E-state index contributed by atoms with van der Waals surface area (Å²) in [6.07, 6.45) is 1.80. The van der Waals surface area contributed by atoms with Gasteiger partial charge in [-0.3, -0.25) is 0 Å². The van der Waals surface area contributed by atoms with Gasteiger partial charge in [-0.25, -0.2) is 35.1 Å². The van der Waals surface area contributed by atoms with Crippen molar-refractivity contribution >= 4 is 0 Å². The Bertz CT molecular complexity index is 1900. The minimum Gasteiger partial charge on any atom is -0.429 e. The molecule has 0 aromatic heterocycles. The van der Waals surface area contributed by atoms with Gasteiger partial charge in [0.2, 0.25) is 0 Å². The highest BCUT2D eigenvalue weighted by atomic mass is 19.3. The summed E-state index contributed by atoms with van der Waals surface area (Å²) in [5.74, 6) is -14.7. The fourth-order valence-electron chi connectivity index (χ4n) is 5.52. The van der Waals surface area contributed by atoms with Gasteiger partial charge in [-0.1, -0.05) is 69.0 Å². The number of rotatable bonds is 12. The molecular formula is C38H28F10O. The number of aryl methyl sites for hydroxylation is 1. The molecule has 0 radical (unpaired) electrons. The summed E-state index contributed by atoms with van der Waals surface area (Å²) >= 11 is 0. The van der Waals surface area contributed by atoms with Gasteiger partial charge < -0.3 is 4.74 Å². The molecule has 0 aliphatic rings. The van der Waals surface area contributed by atoms with Crippen LogP contribution in [-0.2, 0) is 12.5 Å². The van der Waals surface area contributed by atoms with Crippen molar-refractivity contribution in [3.63, 3.8) is 0 Å². The highest BCUT2D eigenvalue weighted by Crippen LogP contribution is 2.39. The van der Waals surface area contributed by atoms with Crippen LogP contribution < -0.4 is 4.74 Å². The first kappa shape index (κ1) is 35.5. The molecule has 0 unspecified atom stereocenters. The van der Waals surface area contributed by atoms with Crippen molar-refractivity contribution in [1.29, 1.82) is 0 Å². The Morgan fingerprint density at radius 2 is 1.04 bits per heavy atom. The molecule has 0 spiro atoms. The van der Waals surface area contributed by atoms with Crippen LogP contribution in [-0.4, -0.2) is 0 Å². The standard InChI is InChI=1S/C38H28F10O/c1-2-3-4-5-6-7-21-8-10-22(11-9-21)23-12-13-27(28(39)14-23)24-15-29(40)35(30(41)16-24)25-17-31(42)36(32(43)18-25)38(47,48)49-26-19-33(44)37(46)34(45)20-26/h8-20H,2-7H2,1H3. The molecule has 11 heteroatoms. The second kappa shape index (κ2) is 14.8. The van der Waals surface area contributed by atoms with E-state index in [1.54, 1.807) is 6.07 Å². The third-order valence-corrected chi connectivity index (χ3v) is 8.00. The monoisotopic (exact) mass is 690 g/mol. The molecule has 0 bridgehead atoms. The van der Waals surface area contributed by atoms with E-state index in [4.69, 9.17) is 0 Å². The average molecular weight is 691 g/mol. The zero-order valence-electron chi connectivity index (χ0n) is 25.9. The van der Waals surface area contributed by atoms with Crippen molar-refractivity contribution in [1.82, 2.24) is 0 Å². The minimum absolute atomic E-state index is 0.0350. The number of unbranched alkanes of at least 4 members (excludes halogenated alkanes) is 4. The lowest BCUT2D eigenvalue weighted by atomic mass is 9.95. The number of hydrogen-bond donors (Lipinski definition) is 0. The largest absolute Gasteiger partial charge is 0.432 e. The predicted octanol–water partition coefficient (Wildman–Crippen LogP) is 12.4. The van der Waals surface area contributed by atoms with Crippen LogP contribution in [0.2, 0.25) is 0 Å². The lowest BCUT2D eigenvalue weighted by Gasteiger charge is -2.20. The molecule has 0 amide bonds. The van der Waals surface area contributed by atoms with Crippen molar-refractivity contribution in [3.05, 3.63) is 137 Å². The molecule has 0 heterocycles. The third kappa shape index (κ3) is 7.92. The Balaban J connectivity index is 1.36. The van der Waals surface area contributed by atoms with Gasteiger partial charge >= 0.3 is 6.11 Å². The molecule has 49 heavy (non-hydrogen) atoms. The molecule has 5 aromatic rings. The molecule has 0 saturated carbocycles. The van der Waals surface area contributed by atoms with Gasteiger partial charge in [0, 0.05) is 17.7 Å². The topological polar surface area (TPSA) is 9.23 Å². The first-order chi connectivity index (χ1) is 23.3. The van der Waals surface area contributed by atoms with E-state index < -0.39 is 75.1 Å². The second-order valence-corrected chi connectivity index (χ2v) is 11.5. The Labute approximate surface area is 275 Å². The Morgan fingerprint density at radius 1 is 0.510 bits per heavy atom. The molecule has 0 aliphatic carbocycles. The Hall–Kier alpha value is -4.80. The normalized spacial score (nSPS) is 11.7. The van der Waals surface area contributed by atoms with Gasteiger partial charge in [0.1, 0.15) is 40.4 Å². The molecule has 1 nitrogen and oxygen atoms in total. The molecule has 5 aromatic carbocycles. The van der Waals surface area contributed by atoms with Crippen LogP contribution in [0.25, 0.3) is 33.4 Å². The van der Waals surface area contributed by atoms with Crippen LogP contribution in [0.5, 0.6) is 5.75 Å². The van der Waals surface area contributed by atoms with E-state index >= 15 is 13.2 Å². The fourth-order valence-corrected chi connectivity index (χ4v) is 5.52. The number of halogens is 10. The lowest BCUT2D eigenvalue weighted by Crippen LogP contribution is -2.25. The summed E-state index contributed by atoms with van der Waals surface area (Å²) in [4.78, 5) is 0. The third-order valence-electron chi connectivity index (χ3n) is 8.00. The maximum atomic E-state index is 15.3. The SMILES string of the molecule is CCCCCCCc1ccc(-c2ccc(-c3cc(F)c(-c4cc(F)c(C(F)(F)Oc5cc(F)c(F)c(F)c5)c(F)c4)c(F)c3)c(F)c2)cc1. The molecule has 0 N–H and O–H groups in total. The summed E-state index contributed by atoms with van der Waals surface area (Å²) in [5, 5.41) is 0. The van der Waals surface area contributed by atoms with E-state index in [2.05, 4.69) is 11.7 Å². The quantitative estimate of drug-likeness (QED) is 0.0719. The van der Waals surface area contributed by atoms with Crippen LogP contribution in [0.4, 0.5) is 43.9 Å². The second-order valence-electron chi connectivity index (χ2n) is 11.5. The highest BCUT2D eigenvalue weighted by molar-refractivity contribution is 5.75.